The molecule has 1 saturated heterocycles. The standard InChI is InChI=1S/C17H30N4/c1-17(2,3)16-12-21(15(10-18-16)14-5-6-14)8-7-13-9-19-20(4)11-13/h9,11,14-16,18H,5-8,10,12H2,1-4H3. The number of hydrogen-bond acceptors (Lipinski definition) is 3. The predicted octanol–water partition coefficient (Wildman–Crippen LogP) is 2.06. The Morgan fingerprint density at radius 1 is 1.33 bits per heavy atom. The molecule has 2 fully saturated rings. The van der Waals surface area contributed by atoms with Gasteiger partial charge in [-0.25, -0.2) is 0 Å². The van der Waals surface area contributed by atoms with Gasteiger partial charge in [-0.05, 0) is 36.2 Å². The van der Waals surface area contributed by atoms with Gasteiger partial charge in [-0.3, -0.25) is 9.58 Å². The molecule has 21 heavy (non-hydrogen) atoms. The van der Waals surface area contributed by atoms with Crippen molar-refractivity contribution in [2.45, 2.75) is 52.1 Å². The highest BCUT2D eigenvalue weighted by Crippen LogP contribution is 2.37. The van der Waals surface area contributed by atoms with Crippen molar-refractivity contribution in [3.05, 3.63) is 18.0 Å². The van der Waals surface area contributed by atoms with Gasteiger partial charge in [0, 0.05) is 45.0 Å². The third kappa shape index (κ3) is 3.67. The van der Waals surface area contributed by atoms with Crippen molar-refractivity contribution in [1.29, 1.82) is 0 Å². The fourth-order valence-corrected chi connectivity index (χ4v) is 3.48. The molecule has 1 N–H and O–H groups in total. The minimum absolute atomic E-state index is 0.334. The Balaban J connectivity index is 1.62. The second-order valence-corrected chi connectivity index (χ2v) is 8.00. The van der Waals surface area contributed by atoms with Crippen LogP contribution in [0.15, 0.2) is 12.4 Å². The third-order valence-corrected chi connectivity index (χ3v) is 5.12. The molecule has 4 heteroatoms. The van der Waals surface area contributed by atoms with Crippen LogP contribution in [0.25, 0.3) is 0 Å². The molecule has 3 rings (SSSR count). The second-order valence-electron chi connectivity index (χ2n) is 8.00. The van der Waals surface area contributed by atoms with E-state index in [1.807, 2.05) is 17.9 Å². The Morgan fingerprint density at radius 2 is 2.10 bits per heavy atom. The van der Waals surface area contributed by atoms with E-state index in [-0.39, 0.29) is 0 Å². The zero-order valence-electron chi connectivity index (χ0n) is 14.0. The molecule has 1 aliphatic heterocycles. The first-order chi connectivity index (χ1) is 9.93. The summed E-state index contributed by atoms with van der Waals surface area (Å²) < 4.78 is 1.91. The Morgan fingerprint density at radius 3 is 2.67 bits per heavy atom. The molecule has 0 radical (unpaired) electrons. The lowest BCUT2D eigenvalue weighted by Crippen LogP contribution is -2.61. The molecule has 2 heterocycles. The molecule has 0 amide bonds. The van der Waals surface area contributed by atoms with Crippen LogP contribution < -0.4 is 5.32 Å². The fraction of sp³-hybridized carbons (Fsp3) is 0.824. The van der Waals surface area contributed by atoms with Crippen LogP contribution in [-0.4, -0.2) is 46.4 Å². The zero-order chi connectivity index (χ0) is 15.0. The summed E-state index contributed by atoms with van der Waals surface area (Å²) in [5.74, 6) is 0.937. The molecule has 4 nitrogen and oxygen atoms in total. The predicted molar refractivity (Wildman–Crippen MR) is 86.2 cm³/mol. The molecule has 2 aliphatic rings. The normalized spacial score (nSPS) is 28.0. The van der Waals surface area contributed by atoms with Crippen molar-refractivity contribution >= 4 is 0 Å². The summed E-state index contributed by atoms with van der Waals surface area (Å²) in [7, 11) is 2.00. The average Bonchev–Trinajstić information content (AvgIpc) is 3.18. The largest absolute Gasteiger partial charge is 0.311 e. The molecule has 2 atom stereocenters. The molecule has 1 aromatic heterocycles. The van der Waals surface area contributed by atoms with Crippen molar-refractivity contribution in [3.63, 3.8) is 0 Å². The molecule has 118 valence electrons. The first kappa shape index (κ1) is 15.0. The van der Waals surface area contributed by atoms with E-state index in [1.165, 1.54) is 38.0 Å². The van der Waals surface area contributed by atoms with E-state index in [4.69, 9.17) is 0 Å². The van der Waals surface area contributed by atoms with Crippen molar-refractivity contribution in [2.24, 2.45) is 18.4 Å². The van der Waals surface area contributed by atoms with Crippen molar-refractivity contribution in [1.82, 2.24) is 20.0 Å². The van der Waals surface area contributed by atoms with E-state index in [0.29, 0.717) is 11.5 Å². The number of rotatable bonds is 4. The lowest BCUT2D eigenvalue weighted by Gasteiger charge is -2.45. The highest BCUT2D eigenvalue weighted by Gasteiger charge is 2.40. The monoisotopic (exact) mass is 290 g/mol. The number of aryl methyl sites for hydroxylation is 1. The number of piperazine rings is 1. The lowest BCUT2D eigenvalue weighted by atomic mass is 9.84. The number of nitrogens with one attached hydrogen (secondary N) is 1. The highest BCUT2D eigenvalue weighted by atomic mass is 15.3. The fourth-order valence-electron chi connectivity index (χ4n) is 3.48. The SMILES string of the molecule is Cn1cc(CCN2CC(C(C)(C)C)NCC2C2CC2)cn1. The van der Waals surface area contributed by atoms with Crippen LogP contribution in [0.5, 0.6) is 0 Å². The lowest BCUT2D eigenvalue weighted by molar-refractivity contribution is 0.0760. The van der Waals surface area contributed by atoms with Gasteiger partial charge in [0.15, 0.2) is 0 Å². The maximum atomic E-state index is 4.29. The van der Waals surface area contributed by atoms with Crippen molar-refractivity contribution in [3.8, 4) is 0 Å². The maximum absolute atomic E-state index is 4.29. The van der Waals surface area contributed by atoms with E-state index >= 15 is 0 Å². The molecule has 0 spiro atoms. The van der Waals surface area contributed by atoms with Crippen LogP contribution in [0, 0.1) is 11.3 Å². The first-order valence-corrected chi connectivity index (χ1v) is 8.38. The van der Waals surface area contributed by atoms with Gasteiger partial charge < -0.3 is 5.32 Å². The quantitative estimate of drug-likeness (QED) is 0.921. The number of nitrogens with zero attached hydrogens (tertiary/aromatic N) is 3. The van der Waals surface area contributed by atoms with Gasteiger partial charge in [-0.2, -0.15) is 5.10 Å². The van der Waals surface area contributed by atoms with Crippen LogP contribution in [0.3, 0.4) is 0 Å². The maximum Gasteiger partial charge on any atom is 0.0522 e. The van der Waals surface area contributed by atoms with Crippen LogP contribution in [-0.2, 0) is 13.5 Å². The van der Waals surface area contributed by atoms with Gasteiger partial charge in [-0.1, -0.05) is 20.8 Å². The van der Waals surface area contributed by atoms with Gasteiger partial charge in [0.05, 0.1) is 6.20 Å². The Kier molecular flexibility index (Phi) is 4.10. The van der Waals surface area contributed by atoms with Crippen LogP contribution in [0.1, 0.15) is 39.2 Å². The molecule has 2 unspecified atom stereocenters. The Bertz CT molecular complexity index is 469. The van der Waals surface area contributed by atoms with Crippen molar-refractivity contribution in [2.75, 3.05) is 19.6 Å². The van der Waals surface area contributed by atoms with Crippen molar-refractivity contribution < 1.29 is 0 Å². The molecule has 1 saturated carbocycles. The summed E-state index contributed by atoms with van der Waals surface area (Å²) >= 11 is 0. The Hall–Kier alpha value is -0.870. The summed E-state index contributed by atoms with van der Waals surface area (Å²) in [6, 6.07) is 1.35. The minimum Gasteiger partial charge on any atom is -0.311 e. The van der Waals surface area contributed by atoms with Gasteiger partial charge in [0.25, 0.3) is 0 Å². The zero-order valence-corrected chi connectivity index (χ0v) is 14.0. The summed E-state index contributed by atoms with van der Waals surface area (Å²) in [5.41, 5.74) is 1.69. The summed E-state index contributed by atoms with van der Waals surface area (Å²) in [4.78, 5) is 2.75. The number of aromatic nitrogens is 2. The van der Waals surface area contributed by atoms with E-state index in [0.717, 1.165) is 18.4 Å². The van der Waals surface area contributed by atoms with E-state index in [9.17, 15) is 0 Å². The van der Waals surface area contributed by atoms with Crippen LogP contribution in [0.2, 0.25) is 0 Å². The van der Waals surface area contributed by atoms with E-state index in [2.05, 4.69) is 42.3 Å². The van der Waals surface area contributed by atoms with E-state index in [1.54, 1.807) is 0 Å². The number of hydrogen-bond donors (Lipinski definition) is 1. The molecule has 1 aromatic rings. The molecule has 1 aliphatic carbocycles. The molecule has 0 aromatic carbocycles. The summed E-state index contributed by atoms with van der Waals surface area (Å²) in [6.07, 6.45) is 8.13. The molecule has 0 bridgehead atoms. The molecular formula is C17H30N4. The van der Waals surface area contributed by atoms with Crippen LogP contribution in [0.4, 0.5) is 0 Å². The van der Waals surface area contributed by atoms with Crippen LogP contribution >= 0.6 is 0 Å². The second kappa shape index (κ2) is 5.73. The average molecular weight is 290 g/mol. The van der Waals surface area contributed by atoms with Gasteiger partial charge in [0.1, 0.15) is 0 Å². The summed E-state index contributed by atoms with van der Waals surface area (Å²) in [5, 5.41) is 8.09. The third-order valence-electron chi connectivity index (χ3n) is 5.12. The van der Waals surface area contributed by atoms with E-state index < -0.39 is 0 Å². The Labute approximate surface area is 128 Å². The topological polar surface area (TPSA) is 33.1 Å². The first-order valence-electron chi connectivity index (χ1n) is 8.38. The van der Waals surface area contributed by atoms with Gasteiger partial charge in [-0.15, -0.1) is 0 Å². The summed E-state index contributed by atoms with van der Waals surface area (Å²) in [6.45, 7) is 10.6. The molecular weight excluding hydrogens is 260 g/mol. The highest BCUT2D eigenvalue weighted by molar-refractivity contribution is 5.05. The van der Waals surface area contributed by atoms with Gasteiger partial charge >= 0.3 is 0 Å². The minimum atomic E-state index is 0.334. The smallest absolute Gasteiger partial charge is 0.0522 e. The van der Waals surface area contributed by atoms with Gasteiger partial charge in [0.2, 0.25) is 0 Å².